The van der Waals surface area contributed by atoms with E-state index < -0.39 is 0 Å². The standard InChI is InChI=1S/C14H30N2O2/c1-3-13-4-6-14(12-15,7-5-13)16(2)8-10-18-11-9-17/h13,17H,3-12,15H2,1-2H3. The van der Waals surface area contributed by atoms with E-state index >= 15 is 0 Å². The Hall–Kier alpha value is -0.160. The Balaban J connectivity index is 2.39. The Kier molecular flexibility index (Phi) is 7.15. The summed E-state index contributed by atoms with van der Waals surface area (Å²) in [7, 11) is 2.15. The molecule has 0 aromatic carbocycles. The molecule has 1 rings (SSSR count). The Morgan fingerprint density at radius 2 is 2.00 bits per heavy atom. The summed E-state index contributed by atoms with van der Waals surface area (Å²) in [6.45, 7) is 5.13. The quantitative estimate of drug-likeness (QED) is 0.643. The molecular formula is C14H30N2O2. The molecule has 0 saturated heterocycles. The first-order chi connectivity index (χ1) is 8.68. The predicted octanol–water partition coefficient (Wildman–Crippen LogP) is 1.22. The average molecular weight is 258 g/mol. The van der Waals surface area contributed by atoms with Crippen molar-refractivity contribution >= 4 is 0 Å². The summed E-state index contributed by atoms with van der Waals surface area (Å²) in [5.41, 5.74) is 6.21. The minimum Gasteiger partial charge on any atom is -0.394 e. The van der Waals surface area contributed by atoms with Crippen LogP contribution in [0.3, 0.4) is 0 Å². The fraction of sp³-hybridized carbons (Fsp3) is 1.00. The van der Waals surface area contributed by atoms with Crippen molar-refractivity contribution in [3.63, 3.8) is 0 Å². The molecule has 0 heterocycles. The molecule has 1 saturated carbocycles. The topological polar surface area (TPSA) is 58.7 Å². The van der Waals surface area contributed by atoms with Crippen molar-refractivity contribution in [3.8, 4) is 0 Å². The number of aliphatic hydroxyl groups excluding tert-OH is 1. The van der Waals surface area contributed by atoms with Crippen LogP contribution in [-0.2, 0) is 4.74 Å². The third-order valence-electron chi connectivity index (χ3n) is 4.61. The summed E-state index contributed by atoms with van der Waals surface area (Å²) in [6, 6.07) is 0. The maximum absolute atomic E-state index is 8.67. The third kappa shape index (κ3) is 4.19. The molecule has 0 aliphatic heterocycles. The molecule has 0 bridgehead atoms. The molecule has 108 valence electrons. The van der Waals surface area contributed by atoms with Gasteiger partial charge in [0.2, 0.25) is 0 Å². The Bertz CT molecular complexity index is 216. The van der Waals surface area contributed by atoms with E-state index in [1.165, 1.54) is 32.1 Å². The van der Waals surface area contributed by atoms with Gasteiger partial charge in [-0.3, -0.25) is 4.90 Å². The molecule has 4 nitrogen and oxygen atoms in total. The van der Waals surface area contributed by atoms with Gasteiger partial charge in [-0.2, -0.15) is 0 Å². The number of rotatable bonds is 8. The molecular weight excluding hydrogens is 228 g/mol. The minimum atomic E-state index is 0.101. The summed E-state index contributed by atoms with van der Waals surface area (Å²) in [4.78, 5) is 2.37. The number of hydrogen-bond donors (Lipinski definition) is 2. The van der Waals surface area contributed by atoms with Gasteiger partial charge in [-0.05, 0) is 38.6 Å². The summed E-state index contributed by atoms with van der Waals surface area (Å²) < 4.78 is 5.34. The highest BCUT2D eigenvalue weighted by atomic mass is 16.5. The molecule has 4 heteroatoms. The highest BCUT2D eigenvalue weighted by Crippen LogP contribution is 2.36. The fourth-order valence-electron chi connectivity index (χ4n) is 2.97. The van der Waals surface area contributed by atoms with Crippen LogP contribution in [0.15, 0.2) is 0 Å². The molecule has 0 aromatic rings. The summed E-state index contributed by atoms with van der Waals surface area (Å²) >= 11 is 0. The van der Waals surface area contributed by atoms with Gasteiger partial charge in [-0.1, -0.05) is 13.3 Å². The molecule has 0 aromatic heterocycles. The van der Waals surface area contributed by atoms with E-state index in [0.717, 1.165) is 19.0 Å². The van der Waals surface area contributed by atoms with Crippen LogP contribution >= 0.6 is 0 Å². The van der Waals surface area contributed by atoms with Crippen LogP contribution in [0.1, 0.15) is 39.0 Å². The van der Waals surface area contributed by atoms with Gasteiger partial charge in [0.25, 0.3) is 0 Å². The summed E-state index contributed by atoms with van der Waals surface area (Å²) in [5, 5.41) is 8.67. The molecule has 3 N–H and O–H groups in total. The Morgan fingerprint density at radius 1 is 1.33 bits per heavy atom. The lowest BCUT2D eigenvalue weighted by Gasteiger charge is -2.46. The summed E-state index contributed by atoms with van der Waals surface area (Å²) in [6.07, 6.45) is 6.31. The Morgan fingerprint density at radius 3 is 2.50 bits per heavy atom. The lowest BCUT2D eigenvalue weighted by molar-refractivity contribution is 0.0241. The van der Waals surface area contributed by atoms with Gasteiger partial charge in [0.05, 0.1) is 19.8 Å². The molecule has 0 atom stereocenters. The van der Waals surface area contributed by atoms with Crippen molar-refractivity contribution < 1.29 is 9.84 Å². The fourth-order valence-corrected chi connectivity index (χ4v) is 2.97. The van der Waals surface area contributed by atoms with Crippen LogP contribution in [0, 0.1) is 5.92 Å². The molecule has 18 heavy (non-hydrogen) atoms. The average Bonchev–Trinajstić information content (AvgIpc) is 2.43. The molecule has 0 radical (unpaired) electrons. The molecule has 1 aliphatic carbocycles. The SMILES string of the molecule is CCC1CCC(CN)(N(C)CCOCCO)CC1. The van der Waals surface area contributed by atoms with E-state index in [1.54, 1.807) is 0 Å². The third-order valence-corrected chi connectivity index (χ3v) is 4.61. The zero-order valence-corrected chi connectivity index (χ0v) is 12.0. The monoisotopic (exact) mass is 258 g/mol. The minimum absolute atomic E-state index is 0.101. The largest absolute Gasteiger partial charge is 0.394 e. The van der Waals surface area contributed by atoms with Crippen LogP contribution in [0.2, 0.25) is 0 Å². The van der Waals surface area contributed by atoms with Gasteiger partial charge in [-0.25, -0.2) is 0 Å². The van der Waals surface area contributed by atoms with Gasteiger partial charge >= 0.3 is 0 Å². The lowest BCUT2D eigenvalue weighted by atomic mass is 9.75. The van der Waals surface area contributed by atoms with Crippen molar-refractivity contribution in [2.75, 3.05) is 40.0 Å². The first-order valence-corrected chi connectivity index (χ1v) is 7.28. The molecule has 1 fully saturated rings. The van der Waals surface area contributed by atoms with E-state index in [2.05, 4.69) is 18.9 Å². The second-order valence-corrected chi connectivity index (χ2v) is 5.54. The van der Waals surface area contributed by atoms with E-state index in [4.69, 9.17) is 15.6 Å². The first-order valence-electron chi connectivity index (χ1n) is 7.28. The summed E-state index contributed by atoms with van der Waals surface area (Å²) in [5.74, 6) is 0.892. The van der Waals surface area contributed by atoms with Gasteiger partial charge in [0, 0.05) is 18.6 Å². The number of nitrogens with zero attached hydrogens (tertiary/aromatic N) is 1. The van der Waals surface area contributed by atoms with E-state index in [1.807, 2.05) is 0 Å². The van der Waals surface area contributed by atoms with Gasteiger partial charge in [-0.15, -0.1) is 0 Å². The molecule has 0 unspecified atom stereocenters. The van der Waals surface area contributed by atoms with E-state index in [0.29, 0.717) is 13.2 Å². The van der Waals surface area contributed by atoms with E-state index in [9.17, 15) is 0 Å². The van der Waals surface area contributed by atoms with Crippen LogP contribution < -0.4 is 5.73 Å². The van der Waals surface area contributed by atoms with E-state index in [-0.39, 0.29) is 12.1 Å². The maximum atomic E-state index is 8.67. The van der Waals surface area contributed by atoms with Crippen LogP contribution in [-0.4, -0.2) is 55.5 Å². The number of aliphatic hydroxyl groups is 1. The van der Waals surface area contributed by atoms with Crippen molar-refractivity contribution in [1.82, 2.24) is 4.90 Å². The van der Waals surface area contributed by atoms with Crippen LogP contribution in [0.25, 0.3) is 0 Å². The van der Waals surface area contributed by atoms with Gasteiger partial charge in [0.15, 0.2) is 0 Å². The zero-order chi connectivity index (χ0) is 13.4. The highest BCUT2D eigenvalue weighted by molar-refractivity contribution is 4.94. The molecule has 0 amide bonds. The van der Waals surface area contributed by atoms with Crippen LogP contribution in [0.4, 0.5) is 0 Å². The Labute approximate surface area is 111 Å². The number of hydrogen-bond acceptors (Lipinski definition) is 4. The zero-order valence-electron chi connectivity index (χ0n) is 12.0. The smallest absolute Gasteiger partial charge is 0.0698 e. The van der Waals surface area contributed by atoms with Crippen molar-refractivity contribution in [3.05, 3.63) is 0 Å². The number of nitrogens with two attached hydrogens (primary N) is 1. The van der Waals surface area contributed by atoms with Gasteiger partial charge in [0.1, 0.15) is 0 Å². The lowest BCUT2D eigenvalue weighted by Crippen LogP contribution is -2.54. The van der Waals surface area contributed by atoms with Crippen molar-refractivity contribution in [1.29, 1.82) is 0 Å². The number of likely N-dealkylation sites (N-methyl/N-ethyl adjacent to an activating group) is 1. The second-order valence-electron chi connectivity index (χ2n) is 5.54. The van der Waals surface area contributed by atoms with Crippen LogP contribution in [0.5, 0.6) is 0 Å². The van der Waals surface area contributed by atoms with Crippen molar-refractivity contribution in [2.45, 2.75) is 44.6 Å². The van der Waals surface area contributed by atoms with Crippen molar-refractivity contribution in [2.24, 2.45) is 11.7 Å². The van der Waals surface area contributed by atoms with Gasteiger partial charge < -0.3 is 15.6 Å². The number of ether oxygens (including phenoxy) is 1. The second kappa shape index (κ2) is 8.10. The maximum Gasteiger partial charge on any atom is 0.0698 e. The molecule has 0 spiro atoms. The highest BCUT2D eigenvalue weighted by Gasteiger charge is 2.36. The molecule has 1 aliphatic rings. The first kappa shape index (κ1) is 15.9. The normalized spacial score (nSPS) is 28.8. The predicted molar refractivity (Wildman–Crippen MR) is 74.6 cm³/mol.